The van der Waals surface area contributed by atoms with Gasteiger partial charge in [0, 0.05) is 27.8 Å². The molecule has 1 saturated carbocycles. The van der Waals surface area contributed by atoms with E-state index in [1.54, 1.807) is 0 Å². The molecule has 4 nitrogen and oxygen atoms in total. The van der Waals surface area contributed by atoms with Gasteiger partial charge in [0.05, 0.1) is 5.69 Å². The van der Waals surface area contributed by atoms with Crippen molar-refractivity contribution in [2.75, 3.05) is 5.32 Å². The molecule has 0 saturated heterocycles. The van der Waals surface area contributed by atoms with E-state index in [0.717, 1.165) is 40.2 Å². The van der Waals surface area contributed by atoms with Crippen molar-refractivity contribution in [1.82, 2.24) is 4.98 Å². The van der Waals surface area contributed by atoms with Crippen LogP contribution in [0.2, 0.25) is 0 Å². The summed E-state index contributed by atoms with van der Waals surface area (Å²) in [5, 5.41) is 3.71. The molecule has 0 spiro atoms. The predicted octanol–water partition coefficient (Wildman–Crippen LogP) is 5.13. The van der Waals surface area contributed by atoms with E-state index < -0.39 is 0 Å². The topological polar surface area (TPSA) is 62.0 Å². The van der Waals surface area contributed by atoms with Gasteiger partial charge in [0.25, 0.3) is 5.91 Å². The Labute approximate surface area is 158 Å². The number of carbonyl (C=O) groups is 2. The smallest absolute Gasteiger partial charge is 0.272 e. The van der Waals surface area contributed by atoms with Crippen LogP contribution in [0.4, 0.5) is 5.69 Å². The molecule has 4 rings (SSSR count). The van der Waals surface area contributed by atoms with Gasteiger partial charge in [0.1, 0.15) is 5.69 Å². The Bertz CT molecular complexity index is 850. The second kappa shape index (κ2) is 7.31. The molecule has 0 bridgehead atoms. The number of aryl methyl sites for hydroxylation is 1. The minimum absolute atomic E-state index is 0.149. The van der Waals surface area contributed by atoms with E-state index in [-0.39, 0.29) is 11.7 Å². The van der Waals surface area contributed by atoms with E-state index in [9.17, 15) is 9.59 Å². The molecule has 1 amide bonds. The number of carbonyl (C=O) groups excluding carboxylic acids is 2. The molecule has 1 fully saturated rings. The van der Waals surface area contributed by atoms with Crippen LogP contribution in [0, 0.1) is 6.92 Å². The Balaban J connectivity index is 1.56. The SMILES string of the molecule is Cc1c(C(=O)Nc2ccccc2SC2CCCC2)[nH]c2c1C(=O)CCC2. The molecule has 2 N–H and O–H groups in total. The molecule has 0 aliphatic heterocycles. The average Bonchev–Trinajstić information content (AvgIpc) is 3.25. The lowest BCUT2D eigenvalue weighted by molar-refractivity contribution is 0.0971. The van der Waals surface area contributed by atoms with Crippen LogP contribution in [0.15, 0.2) is 29.2 Å². The van der Waals surface area contributed by atoms with E-state index in [2.05, 4.69) is 16.4 Å². The Hall–Kier alpha value is -2.01. The van der Waals surface area contributed by atoms with Crippen molar-refractivity contribution in [3.8, 4) is 0 Å². The normalized spacial score (nSPS) is 17.3. The van der Waals surface area contributed by atoms with Gasteiger partial charge in [0.2, 0.25) is 0 Å². The van der Waals surface area contributed by atoms with E-state index in [1.165, 1.54) is 25.7 Å². The minimum atomic E-state index is -0.163. The molecule has 1 aromatic heterocycles. The lowest BCUT2D eigenvalue weighted by Gasteiger charge is -2.14. The predicted molar refractivity (Wildman–Crippen MR) is 105 cm³/mol. The Morgan fingerprint density at radius 1 is 1.15 bits per heavy atom. The number of benzene rings is 1. The number of ketones is 1. The van der Waals surface area contributed by atoms with Gasteiger partial charge in [-0.1, -0.05) is 25.0 Å². The van der Waals surface area contributed by atoms with Crippen LogP contribution in [0.1, 0.15) is 70.6 Å². The monoisotopic (exact) mass is 368 g/mol. The highest BCUT2D eigenvalue weighted by Gasteiger charge is 2.26. The number of fused-ring (bicyclic) bond motifs is 1. The standard InChI is InChI=1S/C21H24N2O2S/c1-13-19-16(10-6-11-17(19)24)22-20(13)21(25)23-15-9-4-5-12-18(15)26-14-7-2-3-8-14/h4-5,9,12,14,22H,2-3,6-8,10-11H2,1H3,(H,23,25). The van der Waals surface area contributed by atoms with Gasteiger partial charge >= 0.3 is 0 Å². The van der Waals surface area contributed by atoms with E-state index in [4.69, 9.17) is 0 Å². The highest BCUT2D eigenvalue weighted by molar-refractivity contribution is 8.00. The van der Waals surface area contributed by atoms with Gasteiger partial charge < -0.3 is 10.3 Å². The van der Waals surface area contributed by atoms with E-state index in [0.29, 0.717) is 17.4 Å². The third kappa shape index (κ3) is 3.32. The summed E-state index contributed by atoms with van der Waals surface area (Å²) < 4.78 is 0. The van der Waals surface area contributed by atoms with Crippen molar-refractivity contribution in [1.29, 1.82) is 0 Å². The molecule has 1 aromatic carbocycles. The summed E-state index contributed by atoms with van der Waals surface area (Å²) in [6.07, 6.45) is 7.36. The quantitative estimate of drug-likeness (QED) is 0.786. The molecule has 0 radical (unpaired) electrons. The lowest BCUT2D eigenvalue weighted by Crippen LogP contribution is -2.14. The van der Waals surface area contributed by atoms with Gasteiger partial charge in [-0.3, -0.25) is 9.59 Å². The number of thioether (sulfide) groups is 1. The Morgan fingerprint density at radius 3 is 2.69 bits per heavy atom. The van der Waals surface area contributed by atoms with Crippen molar-refractivity contribution in [2.24, 2.45) is 0 Å². The summed E-state index contributed by atoms with van der Waals surface area (Å²) in [5.41, 5.74) is 3.80. The number of aromatic nitrogens is 1. The van der Waals surface area contributed by atoms with Crippen LogP contribution in [0.5, 0.6) is 0 Å². The van der Waals surface area contributed by atoms with E-state index >= 15 is 0 Å². The first-order valence-corrected chi connectivity index (χ1v) is 10.3. The number of amides is 1. The average molecular weight is 369 g/mol. The highest BCUT2D eigenvalue weighted by atomic mass is 32.2. The van der Waals surface area contributed by atoms with Gasteiger partial charge in [-0.2, -0.15) is 0 Å². The lowest BCUT2D eigenvalue weighted by atomic mass is 9.94. The number of aromatic amines is 1. The summed E-state index contributed by atoms with van der Waals surface area (Å²) in [7, 11) is 0. The fourth-order valence-electron chi connectivity index (χ4n) is 4.04. The number of para-hydroxylation sites is 1. The number of H-pyrrole nitrogens is 1. The first-order chi connectivity index (χ1) is 12.6. The molecule has 2 aliphatic carbocycles. The fourth-order valence-corrected chi connectivity index (χ4v) is 5.38. The van der Waals surface area contributed by atoms with Gasteiger partial charge in [-0.15, -0.1) is 11.8 Å². The number of Topliss-reactive ketones (excluding diaryl/α,β-unsaturated/α-hetero) is 1. The van der Waals surface area contributed by atoms with Gasteiger partial charge in [0.15, 0.2) is 5.78 Å². The number of rotatable bonds is 4. The van der Waals surface area contributed by atoms with Crippen molar-refractivity contribution < 1.29 is 9.59 Å². The molecular formula is C21H24N2O2S. The number of hydrogen-bond acceptors (Lipinski definition) is 3. The zero-order valence-corrected chi connectivity index (χ0v) is 15.9. The molecule has 136 valence electrons. The highest BCUT2D eigenvalue weighted by Crippen LogP contribution is 2.38. The third-order valence-corrected chi connectivity index (χ3v) is 6.81. The number of anilines is 1. The molecule has 2 aromatic rings. The molecule has 0 atom stereocenters. The van der Waals surface area contributed by atoms with Crippen LogP contribution in [0.25, 0.3) is 0 Å². The second-order valence-corrected chi connectivity index (χ2v) is 8.57. The maximum Gasteiger partial charge on any atom is 0.272 e. The zero-order valence-electron chi connectivity index (χ0n) is 15.1. The van der Waals surface area contributed by atoms with Gasteiger partial charge in [-0.25, -0.2) is 0 Å². The molecule has 0 unspecified atom stereocenters. The van der Waals surface area contributed by atoms with E-state index in [1.807, 2.05) is 36.9 Å². The third-order valence-electron chi connectivity index (χ3n) is 5.40. The van der Waals surface area contributed by atoms with Crippen LogP contribution in [0.3, 0.4) is 0 Å². The van der Waals surface area contributed by atoms with Crippen LogP contribution in [-0.4, -0.2) is 21.9 Å². The van der Waals surface area contributed by atoms with Crippen molar-refractivity contribution in [3.05, 3.63) is 46.8 Å². The second-order valence-electron chi connectivity index (χ2n) is 7.23. The Morgan fingerprint density at radius 2 is 1.92 bits per heavy atom. The first kappa shape index (κ1) is 17.4. The summed E-state index contributed by atoms with van der Waals surface area (Å²) in [6.45, 7) is 1.87. The minimum Gasteiger partial charge on any atom is -0.354 e. The summed E-state index contributed by atoms with van der Waals surface area (Å²) in [5.74, 6) is -0.0135. The van der Waals surface area contributed by atoms with Crippen molar-refractivity contribution in [2.45, 2.75) is 62.0 Å². The molecule has 1 heterocycles. The summed E-state index contributed by atoms with van der Waals surface area (Å²) in [6, 6.07) is 8.00. The fraction of sp³-hybridized carbons (Fsp3) is 0.429. The molecule has 2 aliphatic rings. The van der Waals surface area contributed by atoms with Gasteiger partial charge in [-0.05, 0) is 50.3 Å². The molecule has 5 heteroatoms. The van der Waals surface area contributed by atoms with Crippen LogP contribution in [-0.2, 0) is 6.42 Å². The largest absolute Gasteiger partial charge is 0.354 e. The number of hydrogen-bond donors (Lipinski definition) is 2. The molecular weight excluding hydrogens is 344 g/mol. The maximum atomic E-state index is 12.9. The summed E-state index contributed by atoms with van der Waals surface area (Å²) in [4.78, 5) is 29.4. The van der Waals surface area contributed by atoms with Crippen LogP contribution >= 0.6 is 11.8 Å². The maximum absolute atomic E-state index is 12.9. The molecule has 26 heavy (non-hydrogen) atoms. The number of nitrogens with one attached hydrogen (secondary N) is 2. The zero-order chi connectivity index (χ0) is 18.1. The Kier molecular flexibility index (Phi) is 4.90. The first-order valence-electron chi connectivity index (χ1n) is 9.45. The summed E-state index contributed by atoms with van der Waals surface area (Å²) >= 11 is 1.87. The van der Waals surface area contributed by atoms with Crippen molar-refractivity contribution in [3.63, 3.8) is 0 Å². The van der Waals surface area contributed by atoms with Crippen molar-refractivity contribution >= 4 is 29.1 Å². The van der Waals surface area contributed by atoms with Crippen LogP contribution < -0.4 is 5.32 Å².